The summed E-state index contributed by atoms with van der Waals surface area (Å²) < 4.78 is 2.00. The third-order valence-corrected chi connectivity index (χ3v) is 5.26. The quantitative estimate of drug-likeness (QED) is 0.503. The van der Waals surface area contributed by atoms with Crippen molar-refractivity contribution in [2.45, 2.75) is 23.0 Å². The van der Waals surface area contributed by atoms with Gasteiger partial charge in [0.05, 0.1) is 24.3 Å². The Morgan fingerprint density at radius 1 is 1.08 bits per heavy atom. The van der Waals surface area contributed by atoms with Gasteiger partial charge < -0.3 is 15.6 Å². The number of nitrogens with one attached hydrogen (secondary N) is 1. The highest BCUT2D eigenvalue weighted by molar-refractivity contribution is 7.99. The van der Waals surface area contributed by atoms with Crippen molar-refractivity contribution in [3.8, 4) is 0 Å². The molecule has 3 aromatic heterocycles. The number of anilines is 2. The first-order valence-electron chi connectivity index (χ1n) is 8.05. The zero-order valence-corrected chi connectivity index (χ0v) is 14.4. The Labute approximate surface area is 152 Å². The highest BCUT2D eigenvalue weighted by atomic mass is 32.2. The first-order chi connectivity index (χ1) is 12.8. The molecule has 1 aromatic carbocycles. The van der Waals surface area contributed by atoms with Gasteiger partial charge in [-0.05, 0) is 17.7 Å². The van der Waals surface area contributed by atoms with Gasteiger partial charge in [-0.15, -0.1) is 0 Å². The minimum absolute atomic E-state index is 0.344. The van der Waals surface area contributed by atoms with Crippen LogP contribution >= 0.6 is 11.8 Å². The molecule has 5 rings (SSSR count). The van der Waals surface area contributed by atoms with Gasteiger partial charge in [0, 0.05) is 23.8 Å². The number of nitrogens with two attached hydrogens (primary N) is 1. The number of rotatable bonds is 3. The number of imidazole rings is 1. The van der Waals surface area contributed by atoms with Gasteiger partial charge in [0.2, 0.25) is 0 Å². The van der Waals surface area contributed by atoms with E-state index >= 15 is 0 Å². The van der Waals surface area contributed by atoms with E-state index in [1.54, 1.807) is 30.5 Å². The Morgan fingerprint density at radius 2 is 2.00 bits per heavy atom. The summed E-state index contributed by atoms with van der Waals surface area (Å²) in [7, 11) is 0. The van der Waals surface area contributed by atoms with Gasteiger partial charge in [-0.3, -0.25) is 0 Å². The van der Waals surface area contributed by atoms with Crippen LogP contribution in [0.5, 0.6) is 0 Å². The first kappa shape index (κ1) is 15.2. The Morgan fingerprint density at radius 3 is 2.92 bits per heavy atom. The average molecular weight is 362 g/mol. The van der Waals surface area contributed by atoms with Crippen LogP contribution in [-0.2, 0) is 13.1 Å². The molecule has 0 bridgehead atoms. The van der Waals surface area contributed by atoms with Crippen molar-refractivity contribution in [2.24, 2.45) is 5.73 Å². The second kappa shape index (κ2) is 6.04. The van der Waals surface area contributed by atoms with Crippen molar-refractivity contribution in [2.75, 3.05) is 5.32 Å². The van der Waals surface area contributed by atoms with E-state index in [0.29, 0.717) is 13.1 Å². The second-order valence-electron chi connectivity index (χ2n) is 5.84. The minimum Gasteiger partial charge on any atom is -0.337 e. The molecule has 0 radical (unpaired) electrons. The fourth-order valence-corrected chi connectivity index (χ4v) is 3.85. The topological polar surface area (TPSA) is 107 Å². The molecule has 3 N–H and O–H groups in total. The van der Waals surface area contributed by atoms with E-state index in [2.05, 4.69) is 48.4 Å². The monoisotopic (exact) mass is 362 g/mol. The number of fused-ring (bicyclic) bond motifs is 3. The van der Waals surface area contributed by atoms with Crippen LogP contribution in [0.3, 0.4) is 0 Å². The van der Waals surface area contributed by atoms with Crippen LogP contribution in [0, 0.1) is 0 Å². The summed E-state index contributed by atoms with van der Waals surface area (Å²) in [5, 5.41) is 4.24. The maximum Gasteiger partial charge on any atom is 0.163 e. The molecule has 8 nitrogen and oxygen atoms in total. The van der Waals surface area contributed by atoms with Crippen LogP contribution in [-0.4, -0.2) is 29.5 Å². The van der Waals surface area contributed by atoms with Crippen LogP contribution in [0.1, 0.15) is 11.3 Å². The summed E-state index contributed by atoms with van der Waals surface area (Å²) in [4.78, 5) is 22.8. The number of nitrogens with zero attached hydrogens (tertiary/aromatic N) is 6. The lowest BCUT2D eigenvalue weighted by atomic mass is 10.2. The lowest BCUT2D eigenvalue weighted by Crippen LogP contribution is -2.06. The normalized spacial score (nSPS) is 12.5. The number of benzene rings is 1. The first-order valence-corrected chi connectivity index (χ1v) is 8.87. The number of hydrogen-bond donors (Lipinski definition) is 2. The van der Waals surface area contributed by atoms with Gasteiger partial charge in [-0.25, -0.2) is 24.9 Å². The van der Waals surface area contributed by atoms with E-state index in [4.69, 9.17) is 5.73 Å². The highest BCUT2D eigenvalue weighted by Gasteiger charge is 2.18. The van der Waals surface area contributed by atoms with E-state index < -0.39 is 0 Å². The van der Waals surface area contributed by atoms with Gasteiger partial charge in [0.15, 0.2) is 11.5 Å². The van der Waals surface area contributed by atoms with Crippen LogP contribution in [0.2, 0.25) is 0 Å². The molecule has 0 spiro atoms. The number of hydrogen-bond acceptors (Lipinski definition) is 8. The van der Waals surface area contributed by atoms with Gasteiger partial charge in [0.25, 0.3) is 0 Å². The van der Waals surface area contributed by atoms with Crippen molar-refractivity contribution in [3.63, 3.8) is 0 Å². The Hall–Kier alpha value is -3.04. The molecule has 0 saturated carbocycles. The largest absolute Gasteiger partial charge is 0.337 e. The van der Waals surface area contributed by atoms with Crippen molar-refractivity contribution < 1.29 is 0 Å². The van der Waals surface area contributed by atoms with E-state index in [9.17, 15) is 0 Å². The molecule has 0 aliphatic carbocycles. The third-order valence-electron chi connectivity index (χ3n) is 4.19. The lowest BCUT2D eigenvalue weighted by Gasteiger charge is -2.19. The molecule has 0 unspecified atom stereocenters. The second-order valence-corrected chi connectivity index (χ2v) is 6.87. The molecule has 128 valence electrons. The maximum absolute atomic E-state index is 5.73. The SMILES string of the molecule is NCc1ncnc2c1ncn2Cc1ccc2c(c1)Nc1nccnc1S2. The summed E-state index contributed by atoms with van der Waals surface area (Å²) in [6, 6.07) is 6.32. The molecule has 0 atom stereocenters. The van der Waals surface area contributed by atoms with E-state index in [1.807, 2.05) is 4.57 Å². The molecular weight excluding hydrogens is 348 g/mol. The van der Waals surface area contributed by atoms with Gasteiger partial charge in [-0.1, -0.05) is 17.8 Å². The molecular formula is C17H14N8S. The van der Waals surface area contributed by atoms with Crippen LogP contribution < -0.4 is 11.1 Å². The highest BCUT2D eigenvalue weighted by Crippen LogP contribution is 2.42. The molecule has 26 heavy (non-hydrogen) atoms. The zero-order valence-electron chi connectivity index (χ0n) is 13.6. The smallest absolute Gasteiger partial charge is 0.163 e. The summed E-state index contributed by atoms with van der Waals surface area (Å²) >= 11 is 1.62. The summed E-state index contributed by atoms with van der Waals surface area (Å²) in [5.74, 6) is 0.788. The zero-order chi connectivity index (χ0) is 17.5. The third kappa shape index (κ3) is 2.49. The summed E-state index contributed by atoms with van der Waals surface area (Å²) in [5.41, 5.74) is 10.2. The predicted molar refractivity (Wildman–Crippen MR) is 98.2 cm³/mol. The lowest BCUT2D eigenvalue weighted by molar-refractivity contribution is 0.811. The van der Waals surface area contributed by atoms with Gasteiger partial charge in [0.1, 0.15) is 16.9 Å². The molecule has 0 amide bonds. The van der Waals surface area contributed by atoms with E-state index in [0.717, 1.165) is 43.8 Å². The molecule has 1 aliphatic rings. The fourth-order valence-electron chi connectivity index (χ4n) is 2.97. The Kier molecular flexibility index (Phi) is 3.54. The molecule has 0 saturated heterocycles. The maximum atomic E-state index is 5.73. The van der Waals surface area contributed by atoms with Crippen LogP contribution in [0.15, 0.2) is 53.2 Å². The molecule has 1 aliphatic heterocycles. The van der Waals surface area contributed by atoms with E-state index in [1.165, 1.54) is 6.33 Å². The minimum atomic E-state index is 0.344. The average Bonchev–Trinajstić information content (AvgIpc) is 3.09. The summed E-state index contributed by atoms with van der Waals surface area (Å²) in [6.07, 6.45) is 6.70. The van der Waals surface area contributed by atoms with Crippen molar-refractivity contribution >= 4 is 34.4 Å². The standard InChI is InChI=1S/C17H14N8S/c18-6-12-14-16(22-8-21-12)25(9-23-14)7-10-1-2-13-11(5-10)24-15-17(26-13)20-4-3-19-15/h1-5,8-9H,6-7,18H2,(H,19,24). The Balaban J connectivity index is 1.48. The van der Waals surface area contributed by atoms with Crippen LogP contribution in [0.25, 0.3) is 11.2 Å². The fraction of sp³-hybridized carbons (Fsp3) is 0.118. The van der Waals surface area contributed by atoms with Crippen molar-refractivity contribution in [1.82, 2.24) is 29.5 Å². The molecule has 4 aromatic rings. The van der Waals surface area contributed by atoms with Crippen molar-refractivity contribution in [1.29, 1.82) is 0 Å². The Bertz CT molecular complexity index is 1120. The van der Waals surface area contributed by atoms with Gasteiger partial charge >= 0.3 is 0 Å². The van der Waals surface area contributed by atoms with Crippen molar-refractivity contribution in [3.05, 3.63) is 54.5 Å². The summed E-state index contributed by atoms with van der Waals surface area (Å²) in [6.45, 7) is 1.00. The van der Waals surface area contributed by atoms with E-state index in [-0.39, 0.29) is 0 Å². The molecule has 0 fully saturated rings. The van der Waals surface area contributed by atoms with Crippen LogP contribution in [0.4, 0.5) is 11.5 Å². The number of aromatic nitrogens is 6. The molecule has 4 heterocycles. The molecule has 9 heteroatoms. The van der Waals surface area contributed by atoms with Gasteiger partial charge in [-0.2, -0.15) is 0 Å². The predicted octanol–water partition coefficient (Wildman–Crippen LogP) is 2.33.